The zero-order chi connectivity index (χ0) is 18.8. The Bertz CT molecular complexity index is 1130. The first-order valence-corrected chi connectivity index (χ1v) is 8.98. The van der Waals surface area contributed by atoms with Crippen molar-refractivity contribution in [2.75, 3.05) is 0 Å². The summed E-state index contributed by atoms with van der Waals surface area (Å²) in [5.74, 6) is -0.0804. The molecule has 0 bridgehead atoms. The van der Waals surface area contributed by atoms with Crippen molar-refractivity contribution in [2.24, 2.45) is 7.05 Å². The number of carbonyl (C=O) groups is 2. The molecule has 2 amide bonds. The maximum atomic E-state index is 12.3. The Morgan fingerprint density at radius 2 is 1.74 bits per heavy atom. The lowest BCUT2D eigenvalue weighted by atomic mass is 10.3. The molecule has 134 valence electrons. The number of carbonyl (C=O) groups excluding carboxylic acids is 2. The molecule has 3 aromatic heterocycles. The second kappa shape index (κ2) is 7.00. The van der Waals surface area contributed by atoms with Gasteiger partial charge >= 0.3 is 0 Å². The molecule has 0 aliphatic heterocycles. The smallest absolute Gasteiger partial charge is 0.288 e. The Labute approximate surface area is 158 Å². The first kappa shape index (κ1) is 16.9. The second-order valence-corrected chi connectivity index (χ2v) is 6.85. The molecule has 0 saturated heterocycles. The van der Waals surface area contributed by atoms with Crippen LogP contribution in [0.25, 0.3) is 21.7 Å². The number of hydrazine groups is 1. The van der Waals surface area contributed by atoms with Gasteiger partial charge in [0.2, 0.25) is 0 Å². The number of hydrogen-bond donors (Lipinski definition) is 2. The molecule has 0 aliphatic carbocycles. The van der Waals surface area contributed by atoms with Crippen molar-refractivity contribution < 1.29 is 9.59 Å². The highest BCUT2D eigenvalue weighted by molar-refractivity contribution is 7.17. The Morgan fingerprint density at radius 1 is 0.963 bits per heavy atom. The summed E-state index contributed by atoms with van der Waals surface area (Å²) in [7, 11) is 1.94. The number of hydrogen-bond acceptors (Lipinski definition) is 5. The van der Waals surface area contributed by atoms with Crippen LogP contribution in [0.2, 0.25) is 0 Å². The average molecular weight is 377 g/mol. The number of rotatable bonds is 3. The molecular weight excluding hydrogens is 362 g/mol. The molecule has 0 radical (unpaired) electrons. The van der Waals surface area contributed by atoms with Crippen molar-refractivity contribution in [2.45, 2.75) is 0 Å². The van der Waals surface area contributed by atoms with E-state index in [1.165, 1.54) is 17.5 Å². The fourth-order valence-corrected chi connectivity index (χ4v) is 3.61. The maximum absolute atomic E-state index is 12.3. The number of aromatic nitrogens is 3. The molecule has 4 rings (SSSR count). The minimum atomic E-state index is -0.476. The predicted molar refractivity (Wildman–Crippen MR) is 103 cm³/mol. The second-order valence-electron chi connectivity index (χ2n) is 5.77. The van der Waals surface area contributed by atoms with Crippen LogP contribution in [0.5, 0.6) is 0 Å². The van der Waals surface area contributed by atoms with Crippen LogP contribution in [0.1, 0.15) is 20.2 Å². The molecule has 0 spiro atoms. The van der Waals surface area contributed by atoms with Crippen molar-refractivity contribution in [3.05, 3.63) is 71.4 Å². The molecular formula is C19H15N5O2S. The normalized spacial score (nSPS) is 10.7. The van der Waals surface area contributed by atoms with E-state index < -0.39 is 11.8 Å². The molecule has 0 aliphatic rings. The largest absolute Gasteiger partial charge is 0.326 e. The van der Waals surface area contributed by atoms with Crippen LogP contribution in [0, 0.1) is 0 Å². The zero-order valence-corrected chi connectivity index (χ0v) is 15.2. The molecule has 1 aromatic carbocycles. The number of fused-ring (bicyclic) bond motifs is 1. The summed E-state index contributed by atoms with van der Waals surface area (Å²) in [5.41, 5.74) is 6.92. The molecule has 2 N–H and O–H groups in total. The first-order valence-electron chi connectivity index (χ1n) is 8.17. The molecule has 0 saturated carbocycles. The number of nitrogens with zero attached hydrogens (tertiary/aromatic N) is 3. The van der Waals surface area contributed by atoms with Gasteiger partial charge < -0.3 is 4.57 Å². The van der Waals surface area contributed by atoms with E-state index in [0.717, 1.165) is 21.7 Å². The van der Waals surface area contributed by atoms with Gasteiger partial charge in [0.1, 0.15) is 5.69 Å². The molecule has 7 nitrogen and oxygen atoms in total. The van der Waals surface area contributed by atoms with Gasteiger partial charge in [0.15, 0.2) is 5.82 Å². The number of amides is 2. The number of thiophene rings is 1. The fraction of sp³-hybridized carbons (Fsp3) is 0.0526. The molecule has 8 heteroatoms. The number of pyridine rings is 1. The predicted octanol–water partition coefficient (Wildman–Crippen LogP) is 2.77. The van der Waals surface area contributed by atoms with Crippen LogP contribution >= 0.6 is 11.3 Å². The SMILES string of the molecule is Cn1c(-c2ccc(C(=O)NNC(=O)c3ccccn3)s2)nc2ccccc21. The van der Waals surface area contributed by atoms with E-state index in [4.69, 9.17) is 0 Å². The van der Waals surface area contributed by atoms with Gasteiger partial charge in [0.25, 0.3) is 11.8 Å². The number of imidazole rings is 1. The molecule has 0 unspecified atom stereocenters. The van der Waals surface area contributed by atoms with Gasteiger partial charge in [0, 0.05) is 13.2 Å². The summed E-state index contributed by atoms with van der Waals surface area (Å²) in [4.78, 5) is 34.2. The van der Waals surface area contributed by atoms with Gasteiger partial charge in [0.05, 0.1) is 20.8 Å². The van der Waals surface area contributed by atoms with Gasteiger partial charge in [-0.05, 0) is 36.4 Å². The highest BCUT2D eigenvalue weighted by atomic mass is 32.1. The monoisotopic (exact) mass is 377 g/mol. The van der Waals surface area contributed by atoms with E-state index in [1.807, 2.05) is 41.9 Å². The van der Waals surface area contributed by atoms with Gasteiger partial charge in [-0.1, -0.05) is 18.2 Å². The van der Waals surface area contributed by atoms with Crippen LogP contribution in [0.4, 0.5) is 0 Å². The molecule has 0 fully saturated rings. The highest BCUT2D eigenvalue weighted by Gasteiger charge is 2.16. The summed E-state index contributed by atoms with van der Waals surface area (Å²) < 4.78 is 1.99. The Morgan fingerprint density at radius 3 is 2.52 bits per heavy atom. The summed E-state index contributed by atoms with van der Waals surface area (Å²) in [6.07, 6.45) is 1.51. The minimum absolute atomic E-state index is 0.226. The standard InChI is InChI=1S/C19H15N5O2S/c1-24-14-8-3-2-6-12(14)21-17(24)15-9-10-16(27-15)19(26)23-22-18(25)13-7-4-5-11-20-13/h2-11H,1H3,(H,22,25)(H,23,26). The van der Waals surface area contributed by atoms with Crippen molar-refractivity contribution in [3.8, 4) is 10.7 Å². The average Bonchev–Trinajstić information content (AvgIpc) is 3.32. The summed E-state index contributed by atoms with van der Waals surface area (Å²) >= 11 is 1.31. The lowest BCUT2D eigenvalue weighted by Gasteiger charge is -2.05. The summed E-state index contributed by atoms with van der Waals surface area (Å²) in [5, 5.41) is 0. The number of nitrogens with one attached hydrogen (secondary N) is 2. The lowest BCUT2D eigenvalue weighted by molar-refractivity contribution is 0.0846. The molecule has 27 heavy (non-hydrogen) atoms. The van der Waals surface area contributed by atoms with E-state index in [-0.39, 0.29) is 5.69 Å². The zero-order valence-electron chi connectivity index (χ0n) is 14.3. The van der Waals surface area contributed by atoms with Crippen molar-refractivity contribution in [1.29, 1.82) is 0 Å². The third kappa shape index (κ3) is 3.30. The van der Waals surface area contributed by atoms with Gasteiger partial charge in [-0.3, -0.25) is 25.4 Å². The van der Waals surface area contributed by atoms with E-state index in [0.29, 0.717) is 4.88 Å². The van der Waals surface area contributed by atoms with Gasteiger partial charge in [-0.2, -0.15) is 0 Å². The van der Waals surface area contributed by atoms with Crippen LogP contribution in [-0.2, 0) is 7.05 Å². The van der Waals surface area contributed by atoms with E-state index in [9.17, 15) is 9.59 Å². The Hall–Kier alpha value is -3.52. The molecule has 3 heterocycles. The third-order valence-electron chi connectivity index (χ3n) is 4.02. The van der Waals surface area contributed by atoms with Gasteiger partial charge in [-0.25, -0.2) is 4.98 Å². The lowest BCUT2D eigenvalue weighted by Crippen LogP contribution is -2.41. The minimum Gasteiger partial charge on any atom is -0.326 e. The highest BCUT2D eigenvalue weighted by Crippen LogP contribution is 2.29. The fourth-order valence-electron chi connectivity index (χ4n) is 2.68. The van der Waals surface area contributed by atoms with E-state index in [2.05, 4.69) is 20.8 Å². The molecule has 4 aromatic rings. The summed E-state index contributed by atoms with van der Waals surface area (Å²) in [6, 6.07) is 16.4. The van der Waals surface area contributed by atoms with Crippen LogP contribution < -0.4 is 10.9 Å². The Balaban J connectivity index is 1.49. The Kier molecular flexibility index (Phi) is 4.39. The quantitative estimate of drug-likeness (QED) is 0.537. The van der Waals surface area contributed by atoms with Crippen molar-refractivity contribution in [1.82, 2.24) is 25.4 Å². The van der Waals surface area contributed by atoms with Crippen LogP contribution in [0.3, 0.4) is 0 Å². The maximum Gasteiger partial charge on any atom is 0.288 e. The number of aryl methyl sites for hydroxylation is 1. The van der Waals surface area contributed by atoms with Crippen LogP contribution in [-0.4, -0.2) is 26.3 Å². The third-order valence-corrected chi connectivity index (χ3v) is 5.10. The summed E-state index contributed by atoms with van der Waals surface area (Å²) in [6.45, 7) is 0. The van der Waals surface area contributed by atoms with Crippen LogP contribution in [0.15, 0.2) is 60.8 Å². The topological polar surface area (TPSA) is 88.9 Å². The first-order chi connectivity index (χ1) is 13.1. The number of para-hydroxylation sites is 2. The molecule has 0 atom stereocenters. The van der Waals surface area contributed by atoms with Gasteiger partial charge in [-0.15, -0.1) is 11.3 Å². The van der Waals surface area contributed by atoms with Crippen molar-refractivity contribution in [3.63, 3.8) is 0 Å². The van der Waals surface area contributed by atoms with Crippen molar-refractivity contribution >= 4 is 34.2 Å². The van der Waals surface area contributed by atoms with E-state index in [1.54, 1.807) is 24.3 Å². The number of benzene rings is 1. The van der Waals surface area contributed by atoms with E-state index >= 15 is 0 Å².